The van der Waals surface area contributed by atoms with Gasteiger partial charge in [-0.25, -0.2) is 0 Å². The molecule has 0 amide bonds. The molecule has 0 N–H and O–H groups in total. The average molecular weight is 61.8 g/mol. The molecule has 0 aromatic heterocycles. The SMILES string of the molecule is C[N-]C.[B].[Li+]. The van der Waals surface area contributed by atoms with E-state index < -0.39 is 0 Å². The first kappa shape index (κ1) is 17.5. The summed E-state index contributed by atoms with van der Waals surface area (Å²) in [6.07, 6.45) is 0. The van der Waals surface area contributed by atoms with E-state index >= 15 is 0 Å². The van der Waals surface area contributed by atoms with Crippen molar-refractivity contribution in [1.29, 1.82) is 0 Å². The van der Waals surface area contributed by atoms with E-state index in [1.807, 2.05) is 0 Å². The molecular formula is C2H6BLiN. The Balaban J connectivity index is -0.0000000200. The molecule has 3 radical (unpaired) electrons. The Morgan fingerprint density at radius 2 is 1.20 bits per heavy atom. The van der Waals surface area contributed by atoms with E-state index in [0.29, 0.717) is 0 Å². The fourth-order valence-corrected chi connectivity index (χ4v) is 0. The van der Waals surface area contributed by atoms with Crippen molar-refractivity contribution < 1.29 is 18.9 Å². The molecule has 0 rings (SSSR count). The van der Waals surface area contributed by atoms with Gasteiger partial charge in [0, 0.05) is 8.41 Å². The van der Waals surface area contributed by atoms with Crippen LogP contribution >= 0.6 is 0 Å². The van der Waals surface area contributed by atoms with Crippen molar-refractivity contribution in [2.24, 2.45) is 0 Å². The minimum atomic E-state index is 0. The van der Waals surface area contributed by atoms with Crippen molar-refractivity contribution in [2.45, 2.75) is 0 Å². The van der Waals surface area contributed by atoms with E-state index in [2.05, 4.69) is 5.32 Å². The van der Waals surface area contributed by atoms with E-state index in [0.717, 1.165) is 0 Å². The molecule has 1 nitrogen and oxygen atoms in total. The third-order valence-electron chi connectivity index (χ3n) is 0. The molecule has 0 aliphatic heterocycles. The van der Waals surface area contributed by atoms with E-state index in [1.165, 1.54) is 0 Å². The molecule has 0 aliphatic rings. The predicted octanol–water partition coefficient (Wildman–Crippen LogP) is -2.76. The Morgan fingerprint density at radius 3 is 1.20 bits per heavy atom. The van der Waals surface area contributed by atoms with Crippen LogP contribution in [0.25, 0.3) is 5.32 Å². The van der Waals surface area contributed by atoms with Crippen LogP contribution in [0.15, 0.2) is 0 Å². The third kappa shape index (κ3) is 82.1. The van der Waals surface area contributed by atoms with Crippen LogP contribution in [0.3, 0.4) is 0 Å². The summed E-state index contributed by atoms with van der Waals surface area (Å²) in [4.78, 5) is 0. The molecule has 0 bridgehead atoms. The molecular weight excluding hydrogens is 55.8 g/mol. The van der Waals surface area contributed by atoms with Gasteiger partial charge in [0.15, 0.2) is 0 Å². The predicted molar refractivity (Wildman–Crippen MR) is 21.0 cm³/mol. The molecule has 0 saturated heterocycles. The summed E-state index contributed by atoms with van der Waals surface area (Å²) in [7, 11) is 3.50. The molecule has 0 aromatic carbocycles. The van der Waals surface area contributed by atoms with Crippen LogP contribution in [0.2, 0.25) is 0 Å². The third-order valence-corrected chi connectivity index (χ3v) is 0. The van der Waals surface area contributed by atoms with Crippen molar-refractivity contribution in [3.63, 3.8) is 0 Å². The molecule has 0 aliphatic carbocycles. The van der Waals surface area contributed by atoms with Crippen LogP contribution in [0.5, 0.6) is 0 Å². The maximum absolute atomic E-state index is 3.50. The zero-order chi connectivity index (χ0) is 2.71. The maximum atomic E-state index is 3.50. The van der Waals surface area contributed by atoms with Crippen molar-refractivity contribution >= 4 is 8.41 Å². The maximum Gasteiger partial charge on any atom is 1.00 e. The van der Waals surface area contributed by atoms with Gasteiger partial charge in [0.05, 0.1) is 0 Å². The van der Waals surface area contributed by atoms with Gasteiger partial charge >= 0.3 is 18.9 Å². The van der Waals surface area contributed by atoms with E-state index in [9.17, 15) is 0 Å². The molecule has 0 spiro atoms. The number of hydrogen-bond donors (Lipinski definition) is 0. The Morgan fingerprint density at radius 1 is 1.20 bits per heavy atom. The molecule has 0 fully saturated rings. The monoisotopic (exact) mass is 62.1 g/mol. The van der Waals surface area contributed by atoms with E-state index in [4.69, 9.17) is 0 Å². The molecule has 0 atom stereocenters. The Kier molecular flexibility index (Phi) is 80.5. The van der Waals surface area contributed by atoms with Gasteiger partial charge in [0.25, 0.3) is 0 Å². The van der Waals surface area contributed by atoms with Crippen LogP contribution < -0.4 is 18.9 Å². The minimum Gasteiger partial charge on any atom is -0.668 e. The summed E-state index contributed by atoms with van der Waals surface area (Å²) in [6.45, 7) is 0. The average Bonchev–Trinajstić information content (AvgIpc) is 0.918. The summed E-state index contributed by atoms with van der Waals surface area (Å²) < 4.78 is 0. The van der Waals surface area contributed by atoms with Gasteiger partial charge in [-0.15, -0.1) is 0 Å². The molecule has 0 heterocycles. The number of nitrogens with zero attached hydrogens (tertiary/aromatic N) is 1. The van der Waals surface area contributed by atoms with Crippen LogP contribution in [0, 0.1) is 0 Å². The van der Waals surface area contributed by atoms with Crippen LogP contribution in [0.4, 0.5) is 0 Å². The second-order valence-electron chi connectivity index (χ2n) is 0.447. The second-order valence-corrected chi connectivity index (χ2v) is 0.447. The van der Waals surface area contributed by atoms with Crippen LogP contribution in [0.1, 0.15) is 0 Å². The summed E-state index contributed by atoms with van der Waals surface area (Å²) in [5.41, 5.74) is 0. The van der Waals surface area contributed by atoms with Gasteiger partial charge in [-0.1, -0.05) is 0 Å². The number of rotatable bonds is 0. The summed E-state index contributed by atoms with van der Waals surface area (Å²) >= 11 is 0. The number of hydrogen-bond acceptors (Lipinski definition) is 0. The van der Waals surface area contributed by atoms with Gasteiger partial charge in [0.2, 0.25) is 0 Å². The molecule has 5 heavy (non-hydrogen) atoms. The summed E-state index contributed by atoms with van der Waals surface area (Å²) in [5.74, 6) is 0. The van der Waals surface area contributed by atoms with Crippen molar-refractivity contribution in [3.05, 3.63) is 5.32 Å². The van der Waals surface area contributed by atoms with Crippen molar-refractivity contribution in [2.75, 3.05) is 14.1 Å². The van der Waals surface area contributed by atoms with Gasteiger partial charge in [-0.3, -0.25) is 0 Å². The first-order valence-electron chi connectivity index (χ1n) is 0.894. The molecule has 3 heteroatoms. The smallest absolute Gasteiger partial charge is 0.668 e. The Bertz CT molecular complexity index is 9.61. The largest absolute Gasteiger partial charge is 1.00 e. The van der Waals surface area contributed by atoms with Crippen LogP contribution in [-0.2, 0) is 0 Å². The Labute approximate surface area is 47.3 Å². The first-order valence-corrected chi connectivity index (χ1v) is 0.894. The van der Waals surface area contributed by atoms with Gasteiger partial charge in [0.1, 0.15) is 0 Å². The van der Waals surface area contributed by atoms with Crippen LogP contribution in [-0.4, -0.2) is 22.5 Å². The molecule has 0 saturated carbocycles. The van der Waals surface area contributed by atoms with Gasteiger partial charge in [-0.2, -0.15) is 14.1 Å². The normalized spacial score (nSPS) is 3.60. The fourth-order valence-electron chi connectivity index (χ4n) is 0. The van der Waals surface area contributed by atoms with Gasteiger partial charge < -0.3 is 5.32 Å². The standard InChI is InChI=1S/C2H6N.B.Li/c1-3-2;;/h1-2H3;;/q-1;;+1. The zero-order valence-corrected chi connectivity index (χ0v) is 4.02. The zero-order valence-electron chi connectivity index (χ0n) is 4.02. The first-order chi connectivity index (χ1) is 1.41. The van der Waals surface area contributed by atoms with E-state index in [1.54, 1.807) is 14.1 Å². The molecule has 0 unspecified atom stereocenters. The minimum absolute atomic E-state index is 0. The van der Waals surface area contributed by atoms with E-state index in [-0.39, 0.29) is 27.3 Å². The summed E-state index contributed by atoms with van der Waals surface area (Å²) in [5, 5.41) is 3.50. The van der Waals surface area contributed by atoms with Gasteiger partial charge in [-0.05, 0) is 0 Å². The van der Waals surface area contributed by atoms with Crippen molar-refractivity contribution in [1.82, 2.24) is 0 Å². The molecule has 23 valence electrons. The fraction of sp³-hybridized carbons (Fsp3) is 1.00. The molecule has 0 aromatic rings. The topological polar surface area (TPSA) is 14.1 Å². The second kappa shape index (κ2) is 23.0. The quantitative estimate of drug-likeness (QED) is 0.270. The summed E-state index contributed by atoms with van der Waals surface area (Å²) in [6, 6.07) is 0. The Hall–Kier alpha value is 0.622. The van der Waals surface area contributed by atoms with Crippen molar-refractivity contribution in [3.8, 4) is 0 Å².